The maximum Gasteiger partial charge on any atom is 0.356 e. The summed E-state index contributed by atoms with van der Waals surface area (Å²) in [6.07, 6.45) is 0. The second kappa shape index (κ2) is 6.49. The zero-order valence-electron chi connectivity index (χ0n) is 11.7. The highest BCUT2D eigenvalue weighted by atomic mass is 16.5. The van der Waals surface area contributed by atoms with Crippen LogP contribution in [0.25, 0.3) is 0 Å². The van der Waals surface area contributed by atoms with Crippen LogP contribution in [0.3, 0.4) is 0 Å². The predicted molar refractivity (Wildman–Crippen MR) is 78.5 cm³/mol. The Morgan fingerprint density at radius 2 is 1.73 bits per heavy atom. The van der Waals surface area contributed by atoms with Gasteiger partial charge in [0.25, 0.3) is 11.8 Å². The highest BCUT2D eigenvalue weighted by molar-refractivity contribution is 6.08. The Hall–Kier alpha value is -3.22. The van der Waals surface area contributed by atoms with Crippen molar-refractivity contribution in [3.63, 3.8) is 0 Å². The van der Waals surface area contributed by atoms with Crippen molar-refractivity contribution in [1.82, 2.24) is 4.98 Å². The van der Waals surface area contributed by atoms with Crippen molar-refractivity contribution in [1.29, 1.82) is 0 Å². The van der Waals surface area contributed by atoms with Crippen molar-refractivity contribution in [2.24, 2.45) is 5.73 Å². The largest absolute Gasteiger partial charge is 0.464 e. The number of ether oxygens (including phenoxy) is 1. The number of esters is 1. The molecule has 0 aliphatic heterocycles. The average Bonchev–Trinajstić information content (AvgIpc) is 2.54. The summed E-state index contributed by atoms with van der Waals surface area (Å²) in [6.45, 7) is 0. The van der Waals surface area contributed by atoms with Crippen molar-refractivity contribution in [2.45, 2.75) is 0 Å². The van der Waals surface area contributed by atoms with Gasteiger partial charge >= 0.3 is 5.97 Å². The molecule has 2 aromatic rings. The lowest BCUT2D eigenvalue weighted by molar-refractivity contribution is 0.0594. The summed E-state index contributed by atoms with van der Waals surface area (Å²) in [7, 11) is 1.22. The number of carbonyl (C=O) groups excluding carboxylic acids is 3. The van der Waals surface area contributed by atoms with Crippen LogP contribution < -0.4 is 11.1 Å². The minimum Gasteiger partial charge on any atom is -0.464 e. The number of benzene rings is 1. The van der Waals surface area contributed by atoms with E-state index in [1.807, 2.05) is 0 Å². The van der Waals surface area contributed by atoms with Gasteiger partial charge in [-0.25, -0.2) is 9.78 Å². The molecule has 0 aliphatic carbocycles. The fraction of sp³-hybridized carbons (Fsp3) is 0.0667. The van der Waals surface area contributed by atoms with Crippen molar-refractivity contribution in [3.8, 4) is 0 Å². The number of methoxy groups -OCH3 is 1. The molecule has 3 N–H and O–H groups in total. The number of pyridine rings is 1. The molecule has 7 heteroatoms. The smallest absolute Gasteiger partial charge is 0.356 e. The van der Waals surface area contributed by atoms with E-state index in [2.05, 4.69) is 15.0 Å². The fourth-order valence-electron chi connectivity index (χ4n) is 1.77. The second-order valence-electron chi connectivity index (χ2n) is 4.26. The molecule has 0 saturated heterocycles. The third-order valence-corrected chi connectivity index (χ3v) is 2.82. The van der Waals surface area contributed by atoms with E-state index in [-0.39, 0.29) is 22.6 Å². The topological polar surface area (TPSA) is 111 Å². The molecule has 0 unspecified atom stereocenters. The van der Waals surface area contributed by atoms with Gasteiger partial charge in [0.1, 0.15) is 11.4 Å². The molecule has 0 bridgehead atoms. The Bertz CT molecular complexity index is 743. The number of nitrogens with two attached hydrogens (primary N) is 1. The molecule has 0 fully saturated rings. The van der Waals surface area contributed by atoms with Gasteiger partial charge in [-0.3, -0.25) is 9.59 Å². The van der Waals surface area contributed by atoms with Crippen molar-refractivity contribution >= 4 is 23.5 Å². The van der Waals surface area contributed by atoms with Gasteiger partial charge in [0.2, 0.25) is 0 Å². The molecule has 22 heavy (non-hydrogen) atoms. The molecule has 2 rings (SSSR count). The van der Waals surface area contributed by atoms with Gasteiger partial charge < -0.3 is 15.8 Å². The summed E-state index contributed by atoms with van der Waals surface area (Å²) in [4.78, 5) is 38.8. The standard InChI is InChI=1S/C15H13N3O4/c1-22-15(21)12-8-4-7-11(17-12)14(20)18-10-6-3-2-5-9(10)13(16)19/h2-8H,1H3,(H2,16,19)(H,18,20). The summed E-state index contributed by atoms with van der Waals surface area (Å²) in [6, 6.07) is 10.7. The number of hydrogen-bond donors (Lipinski definition) is 2. The van der Waals surface area contributed by atoms with E-state index in [0.29, 0.717) is 0 Å². The van der Waals surface area contributed by atoms with Crippen molar-refractivity contribution in [2.75, 3.05) is 12.4 Å². The minimum atomic E-state index is -0.660. The van der Waals surface area contributed by atoms with Crippen LogP contribution in [0.5, 0.6) is 0 Å². The Morgan fingerprint density at radius 1 is 1.05 bits per heavy atom. The summed E-state index contributed by atoms with van der Waals surface area (Å²) < 4.78 is 4.55. The average molecular weight is 299 g/mol. The molecular weight excluding hydrogens is 286 g/mol. The third kappa shape index (κ3) is 3.26. The third-order valence-electron chi connectivity index (χ3n) is 2.82. The molecule has 2 amide bonds. The van der Waals surface area contributed by atoms with Crippen LogP contribution in [0.1, 0.15) is 31.3 Å². The van der Waals surface area contributed by atoms with E-state index >= 15 is 0 Å². The van der Waals surface area contributed by atoms with Crippen LogP contribution in [0.2, 0.25) is 0 Å². The van der Waals surface area contributed by atoms with Crippen LogP contribution in [-0.2, 0) is 4.74 Å². The number of anilines is 1. The van der Waals surface area contributed by atoms with Gasteiger partial charge in [0.15, 0.2) is 0 Å². The van der Waals surface area contributed by atoms with Crippen LogP contribution in [-0.4, -0.2) is 29.9 Å². The maximum absolute atomic E-state index is 12.2. The number of para-hydroxylation sites is 1. The zero-order chi connectivity index (χ0) is 16.1. The minimum absolute atomic E-state index is 0.0123. The first kappa shape index (κ1) is 15.2. The predicted octanol–water partition coefficient (Wildman–Crippen LogP) is 1.22. The summed E-state index contributed by atoms with van der Waals surface area (Å²) >= 11 is 0. The Morgan fingerprint density at radius 3 is 2.41 bits per heavy atom. The monoisotopic (exact) mass is 299 g/mol. The molecule has 0 radical (unpaired) electrons. The number of rotatable bonds is 4. The number of nitrogens with one attached hydrogen (secondary N) is 1. The van der Waals surface area contributed by atoms with Gasteiger partial charge in [-0.1, -0.05) is 18.2 Å². The number of amides is 2. The lowest BCUT2D eigenvalue weighted by atomic mass is 10.1. The van der Waals surface area contributed by atoms with Gasteiger partial charge in [-0.2, -0.15) is 0 Å². The first-order valence-electron chi connectivity index (χ1n) is 6.28. The molecule has 0 atom stereocenters. The van der Waals surface area contributed by atoms with E-state index in [1.165, 1.54) is 31.4 Å². The highest BCUT2D eigenvalue weighted by Crippen LogP contribution is 2.15. The van der Waals surface area contributed by atoms with Crippen LogP contribution in [0.4, 0.5) is 5.69 Å². The molecule has 1 aromatic heterocycles. The summed E-state index contributed by atoms with van der Waals surface area (Å²) in [5.41, 5.74) is 5.72. The van der Waals surface area contributed by atoms with Crippen molar-refractivity contribution in [3.05, 3.63) is 59.4 Å². The fourth-order valence-corrected chi connectivity index (χ4v) is 1.77. The first-order valence-corrected chi connectivity index (χ1v) is 6.28. The maximum atomic E-state index is 12.2. The lowest BCUT2D eigenvalue weighted by Crippen LogP contribution is -2.19. The van der Waals surface area contributed by atoms with Crippen molar-refractivity contribution < 1.29 is 19.1 Å². The van der Waals surface area contributed by atoms with Gasteiger partial charge in [-0.15, -0.1) is 0 Å². The quantitative estimate of drug-likeness (QED) is 0.824. The normalized spacial score (nSPS) is 9.86. The Kier molecular flexibility index (Phi) is 4.47. The zero-order valence-corrected chi connectivity index (χ0v) is 11.7. The summed E-state index contributed by atoms with van der Waals surface area (Å²) in [5.74, 6) is -1.88. The van der Waals surface area contributed by atoms with Gasteiger partial charge in [0.05, 0.1) is 18.4 Å². The SMILES string of the molecule is COC(=O)c1cccc(C(=O)Nc2ccccc2C(N)=O)n1. The molecule has 0 saturated carbocycles. The second-order valence-corrected chi connectivity index (χ2v) is 4.26. The molecule has 112 valence electrons. The van der Waals surface area contributed by atoms with E-state index in [0.717, 1.165) is 0 Å². The summed E-state index contributed by atoms with van der Waals surface area (Å²) in [5, 5.41) is 2.54. The highest BCUT2D eigenvalue weighted by Gasteiger charge is 2.15. The van der Waals surface area contributed by atoms with Crippen LogP contribution in [0, 0.1) is 0 Å². The lowest BCUT2D eigenvalue weighted by Gasteiger charge is -2.08. The molecule has 1 heterocycles. The van der Waals surface area contributed by atoms with E-state index in [4.69, 9.17) is 5.73 Å². The Balaban J connectivity index is 2.27. The Labute approximate surface area is 126 Å². The van der Waals surface area contributed by atoms with E-state index < -0.39 is 17.8 Å². The molecular formula is C15H13N3O4. The van der Waals surface area contributed by atoms with Gasteiger partial charge in [-0.05, 0) is 24.3 Å². The van der Waals surface area contributed by atoms with E-state index in [9.17, 15) is 14.4 Å². The number of nitrogens with zero attached hydrogens (tertiary/aromatic N) is 1. The molecule has 0 spiro atoms. The van der Waals surface area contributed by atoms with Crippen LogP contribution >= 0.6 is 0 Å². The number of aromatic nitrogens is 1. The van der Waals surface area contributed by atoms with Gasteiger partial charge in [0, 0.05) is 0 Å². The van der Waals surface area contributed by atoms with Crippen LogP contribution in [0.15, 0.2) is 42.5 Å². The number of primary amides is 1. The first-order chi connectivity index (χ1) is 10.5. The molecule has 7 nitrogen and oxygen atoms in total. The van der Waals surface area contributed by atoms with E-state index in [1.54, 1.807) is 18.2 Å². The molecule has 1 aromatic carbocycles. The molecule has 0 aliphatic rings. The number of hydrogen-bond acceptors (Lipinski definition) is 5. The number of carbonyl (C=O) groups is 3.